The molecule has 1 amide bonds. The Labute approximate surface area is 188 Å². The van der Waals surface area contributed by atoms with Gasteiger partial charge < -0.3 is 24.6 Å². The molecular formula is C23H22N6O4. The minimum absolute atomic E-state index is 0.124. The summed E-state index contributed by atoms with van der Waals surface area (Å²) in [6.07, 6.45) is 0.760. The summed E-state index contributed by atoms with van der Waals surface area (Å²) in [5, 5.41) is 15.7. The van der Waals surface area contributed by atoms with E-state index in [-0.39, 0.29) is 12.1 Å². The molecule has 5 heterocycles. The SMILES string of the molecule is Cc1noc(C)c1-c1ccc2nc(N3CC(NC(=O)O)C3)n3c2c1OC[C@@H]3c1ccccn1. The van der Waals surface area contributed by atoms with E-state index in [0.29, 0.717) is 19.7 Å². The lowest BCUT2D eigenvalue weighted by Gasteiger charge is -2.41. The smallest absolute Gasteiger partial charge is 0.405 e. The van der Waals surface area contributed by atoms with Crippen LogP contribution in [0.4, 0.5) is 10.7 Å². The van der Waals surface area contributed by atoms with Gasteiger partial charge in [0.15, 0.2) is 5.75 Å². The Kier molecular flexibility index (Phi) is 4.29. The highest BCUT2D eigenvalue weighted by molar-refractivity contribution is 5.94. The molecule has 0 saturated carbocycles. The third kappa shape index (κ3) is 3.01. The van der Waals surface area contributed by atoms with Crippen LogP contribution in [0.5, 0.6) is 5.75 Å². The fraction of sp³-hybridized carbons (Fsp3) is 0.304. The molecule has 168 valence electrons. The number of hydrogen-bond acceptors (Lipinski definition) is 7. The van der Waals surface area contributed by atoms with Crippen molar-refractivity contribution in [1.29, 1.82) is 0 Å². The highest BCUT2D eigenvalue weighted by Gasteiger charge is 2.37. The number of benzene rings is 1. The number of carboxylic acid groups (broad SMARTS) is 1. The molecule has 1 atom stereocenters. The molecule has 2 aliphatic heterocycles. The van der Waals surface area contributed by atoms with E-state index in [9.17, 15) is 4.79 Å². The van der Waals surface area contributed by atoms with E-state index in [0.717, 1.165) is 51.0 Å². The number of ether oxygens (including phenoxy) is 1. The Morgan fingerprint density at radius 2 is 2.06 bits per heavy atom. The number of rotatable bonds is 4. The summed E-state index contributed by atoms with van der Waals surface area (Å²) in [7, 11) is 0. The number of amides is 1. The Bertz CT molecular complexity index is 1350. The van der Waals surface area contributed by atoms with Gasteiger partial charge in [-0.05, 0) is 38.1 Å². The largest absolute Gasteiger partial charge is 0.488 e. The first-order chi connectivity index (χ1) is 16.0. The maximum absolute atomic E-state index is 11.0. The van der Waals surface area contributed by atoms with E-state index < -0.39 is 6.09 Å². The molecule has 0 bridgehead atoms. The highest BCUT2D eigenvalue weighted by Crippen LogP contribution is 2.46. The van der Waals surface area contributed by atoms with Gasteiger partial charge in [-0.15, -0.1) is 0 Å². The molecule has 0 aliphatic carbocycles. The highest BCUT2D eigenvalue weighted by atomic mass is 16.5. The zero-order valence-corrected chi connectivity index (χ0v) is 18.1. The van der Waals surface area contributed by atoms with Gasteiger partial charge in [-0.2, -0.15) is 0 Å². The third-order valence-corrected chi connectivity index (χ3v) is 6.31. The number of anilines is 1. The van der Waals surface area contributed by atoms with E-state index >= 15 is 0 Å². The van der Waals surface area contributed by atoms with E-state index in [1.807, 2.05) is 44.2 Å². The second-order valence-corrected chi connectivity index (χ2v) is 8.42. The van der Waals surface area contributed by atoms with Crippen molar-refractivity contribution < 1.29 is 19.2 Å². The maximum Gasteiger partial charge on any atom is 0.405 e. The van der Waals surface area contributed by atoms with Crippen molar-refractivity contribution in [3.63, 3.8) is 0 Å². The second-order valence-electron chi connectivity index (χ2n) is 8.42. The Balaban J connectivity index is 1.53. The van der Waals surface area contributed by atoms with Crippen LogP contribution in [0, 0.1) is 13.8 Å². The van der Waals surface area contributed by atoms with Crippen LogP contribution in [0.2, 0.25) is 0 Å². The summed E-state index contributed by atoms with van der Waals surface area (Å²) in [6, 6.07) is 9.53. The molecule has 4 aromatic rings. The molecule has 33 heavy (non-hydrogen) atoms. The fourth-order valence-corrected chi connectivity index (χ4v) is 4.81. The lowest BCUT2D eigenvalue weighted by molar-refractivity contribution is 0.187. The van der Waals surface area contributed by atoms with Crippen LogP contribution in [-0.2, 0) is 0 Å². The standard InChI is InChI=1S/C23H22N6O4/c1-12-19(13(2)33-27-12)15-6-7-17-20-21(15)32-11-18(16-5-3-4-8-24-16)29(20)22(26-17)28-9-14(10-28)25-23(30)31/h3-8,14,18,25H,9-11H2,1-2H3,(H,30,31)/t18-/m1/s1. The summed E-state index contributed by atoms with van der Waals surface area (Å²) in [6.45, 7) is 5.31. The van der Waals surface area contributed by atoms with Gasteiger partial charge in [0.05, 0.1) is 28.5 Å². The first-order valence-corrected chi connectivity index (χ1v) is 10.8. The molecule has 2 N–H and O–H groups in total. The zero-order chi connectivity index (χ0) is 22.7. The van der Waals surface area contributed by atoms with Crippen LogP contribution in [0.15, 0.2) is 41.1 Å². The van der Waals surface area contributed by atoms with Crippen LogP contribution >= 0.6 is 0 Å². The molecule has 0 unspecified atom stereocenters. The van der Waals surface area contributed by atoms with Crippen molar-refractivity contribution in [2.45, 2.75) is 25.9 Å². The topological polar surface area (TPSA) is 119 Å². The van der Waals surface area contributed by atoms with Crippen LogP contribution in [0.3, 0.4) is 0 Å². The van der Waals surface area contributed by atoms with Crippen molar-refractivity contribution in [1.82, 2.24) is 25.0 Å². The van der Waals surface area contributed by atoms with Crippen molar-refractivity contribution in [2.75, 3.05) is 24.6 Å². The van der Waals surface area contributed by atoms with Crippen LogP contribution in [0.1, 0.15) is 23.2 Å². The first-order valence-electron chi connectivity index (χ1n) is 10.8. The van der Waals surface area contributed by atoms with Gasteiger partial charge >= 0.3 is 6.09 Å². The number of hydrogen-bond donors (Lipinski definition) is 2. The lowest BCUT2D eigenvalue weighted by atomic mass is 10.0. The molecule has 2 aliphatic rings. The Morgan fingerprint density at radius 1 is 1.21 bits per heavy atom. The number of carbonyl (C=O) groups is 1. The minimum atomic E-state index is -1.01. The van der Waals surface area contributed by atoms with Gasteiger partial charge in [0.1, 0.15) is 23.9 Å². The number of nitrogens with zero attached hydrogens (tertiary/aromatic N) is 5. The van der Waals surface area contributed by atoms with Crippen molar-refractivity contribution in [2.24, 2.45) is 0 Å². The number of imidazole rings is 1. The summed E-state index contributed by atoms with van der Waals surface area (Å²) in [4.78, 5) is 22.6. The lowest BCUT2D eigenvalue weighted by Crippen LogP contribution is -2.60. The molecule has 0 spiro atoms. The molecule has 1 saturated heterocycles. The molecule has 1 fully saturated rings. The second kappa shape index (κ2) is 7.22. The van der Waals surface area contributed by atoms with Gasteiger partial charge in [-0.3, -0.25) is 9.55 Å². The van der Waals surface area contributed by atoms with Crippen molar-refractivity contribution in [3.05, 3.63) is 53.7 Å². The van der Waals surface area contributed by atoms with E-state index in [1.165, 1.54) is 0 Å². The van der Waals surface area contributed by atoms with E-state index in [4.69, 9.17) is 19.4 Å². The average Bonchev–Trinajstić information content (AvgIpc) is 3.32. The van der Waals surface area contributed by atoms with Gasteiger partial charge in [0, 0.05) is 24.8 Å². The van der Waals surface area contributed by atoms with E-state index in [1.54, 1.807) is 6.20 Å². The Hall–Kier alpha value is -4.08. The molecule has 10 nitrogen and oxygen atoms in total. The zero-order valence-electron chi connectivity index (χ0n) is 18.1. The summed E-state index contributed by atoms with van der Waals surface area (Å²) < 4.78 is 14.0. The molecule has 3 aromatic heterocycles. The van der Waals surface area contributed by atoms with Crippen LogP contribution in [-0.4, -0.2) is 56.6 Å². The number of aryl methyl sites for hydroxylation is 2. The third-order valence-electron chi connectivity index (χ3n) is 6.31. The summed E-state index contributed by atoms with van der Waals surface area (Å²) in [5.41, 5.74) is 5.22. The molecule has 6 rings (SSSR count). The van der Waals surface area contributed by atoms with Gasteiger partial charge in [0.25, 0.3) is 0 Å². The fourth-order valence-electron chi connectivity index (χ4n) is 4.81. The normalized spacial score (nSPS) is 17.6. The molecule has 10 heteroatoms. The predicted molar refractivity (Wildman–Crippen MR) is 120 cm³/mol. The van der Waals surface area contributed by atoms with Crippen molar-refractivity contribution in [3.8, 4) is 16.9 Å². The molecule has 1 aromatic carbocycles. The van der Waals surface area contributed by atoms with Crippen LogP contribution < -0.4 is 15.0 Å². The molecular weight excluding hydrogens is 424 g/mol. The predicted octanol–water partition coefficient (Wildman–Crippen LogP) is 3.14. The number of nitrogens with one attached hydrogen (secondary N) is 1. The quantitative estimate of drug-likeness (QED) is 0.491. The van der Waals surface area contributed by atoms with Crippen LogP contribution in [0.25, 0.3) is 22.2 Å². The monoisotopic (exact) mass is 446 g/mol. The number of aromatic nitrogens is 4. The summed E-state index contributed by atoms with van der Waals surface area (Å²) >= 11 is 0. The minimum Gasteiger partial charge on any atom is -0.488 e. The molecule has 0 radical (unpaired) electrons. The maximum atomic E-state index is 11.0. The number of pyridine rings is 1. The van der Waals surface area contributed by atoms with Gasteiger partial charge in [-0.25, -0.2) is 9.78 Å². The van der Waals surface area contributed by atoms with Gasteiger partial charge in [-0.1, -0.05) is 11.2 Å². The summed E-state index contributed by atoms with van der Waals surface area (Å²) in [5.74, 6) is 2.26. The first kappa shape index (κ1) is 19.6. The Morgan fingerprint density at radius 3 is 2.76 bits per heavy atom. The average molecular weight is 446 g/mol. The van der Waals surface area contributed by atoms with E-state index in [2.05, 4.69) is 24.9 Å². The van der Waals surface area contributed by atoms with Gasteiger partial charge in [0.2, 0.25) is 5.95 Å². The van der Waals surface area contributed by atoms with Crippen molar-refractivity contribution >= 4 is 23.1 Å².